The van der Waals surface area contributed by atoms with Gasteiger partial charge in [0.25, 0.3) is 5.91 Å². The number of hydrogen-bond donors (Lipinski definition) is 0. The summed E-state index contributed by atoms with van der Waals surface area (Å²) in [4.78, 5) is 41.4. The Hall–Kier alpha value is -3.35. The maximum absolute atomic E-state index is 13.1. The number of nitrogens with zero attached hydrogens (tertiary/aromatic N) is 2. The van der Waals surface area contributed by atoms with Crippen molar-refractivity contribution in [3.8, 4) is 5.75 Å². The lowest BCUT2D eigenvalue weighted by molar-refractivity contribution is -0.157. The molecule has 2 aromatic carbocycles. The van der Waals surface area contributed by atoms with E-state index in [1.807, 2.05) is 31.2 Å². The minimum absolute atomic E-state index is 0.0141. The molecule has 2 aliphatic rings. The molecule has 2 aliphatic heterocycles. The number of carbonyl (C=O) groups is 3. The van der Waals surface area contributed by atoms with E-state index < -0.39 is 11.6 Å². The molecule has 7 nitrogen and oxygen atoms in total. The van der Waals surface area contributed by atoms with Crippen molar-refractivity contribution in [1.82, 2.24) is 4.90 Å². The smallest absolute Gasteiger partial charge is 0.353 e. The molecule has 0 aromatic heterocycles. The summed E-state index contributed by atoms with van der Waals surface area (Å²) in [6, 6.07) is 14.4. The lowest BCUT2D eigenvalue weighted by Gasteiger charge is -2.46. The molecule has 2 amide bonds. The van der Waals surface area contributed by atoms with Crippen molar-refractivity contribution in [3.05, 3.63) is 59.7 Å². The molecule has 0 bridgehead atoms. The molecule has 0 saturated carbocycles. The van der Waals surface area contributed by atoms with E-state index in [-0.39, 0.29) is 37.9 Å². The van der Waals surface area contributed by atoms with Crippen LogP contribution in [0.2, 0.25) is 0 Å². The molecule has 1 fully saturated rings. The van der Waals surface area contributed by atoms with Crippen molar-refractivity contribution >= 4 is 23.5 Å². The number of carbonyl (C=O) groups excluding carboxylic acids is 3. The Morgan fingerprint density at radius 3 is 2.69 bits per heavy atom. The first-order valence-corrected chi connectivity index (χ1v) is 9.52. The average Bonchev–Trinajstić information content (AvgIpc) is 3.08. The first-order chi connectivity index (χ1) is 13.9. The molecule has 29 heavy (non-hydrogen) atoms. The number of amides is 2. The van der Waals surface area contributed by atoms with E-state index in [9.17, 15) is 14.4 Å². The third kappa shape index (κ3) is 3.03. The van der Waals surface area contributed by atoms with Crippen LogP contribution in [0, 0.1) is 6.92 Å². The van der Waals surface area contributed by atoms with Gasteiger partial charge in [-0.15, -0.1) is 0 Å². The standard InChI is InChI=1S/C22H22N2O5/c1-15-6-5-7-16(14-15)28-12-13-29-21(27)22-11-10-19(25)24(22)18-9-4-3-8-17(18)20(26)23(22)2/h3-9,14H,10-13H2,1-2H3/t22-/m1/s1. The first-order valence-electron chi connectivity index (χ1n) is 9.52. The van der Waals surface area contributed by atoms with E-state index in [2.05, 4.69) is 0 Å². The van der Waals surface area contributed by atoms with E-state index in [1.165, 1.54) is 16.8 Å². The summed E-state index contributed by atoms with van der Waals surface area (Å²) in [5.41, 5.74) is 0.466. The Kier molecular flexibility index (Phi) is 4.74. The summed E-state index contributed by atoms with van der Waals surface area (Å²) in [5, 5.41) is 0. The minimum Gasteiger partial charge on any atom is -0.490 e. The zero-order chi connectivity index (χ0) is 20.6. The SMILES string of the molecule is Cc1cccc(OCCOC(=O)[C@@]23CCC(=O)N2c2ccccc2C(=O)N3C)c1. The Morgan fingerprint density at radius 1 is 1.10 bits per heavy atom. The fraction of sp³-hybridized carbons (Fsp3) is 0.318. The molecule has 0 spiro atoms. The van der Waals surface area contributed by atoms with Crippen LogP contribution in [0.4, 0.5) is 5.69 Å². The lowest BCUT2D eigenvalue weighted by atomic mass is 9.97. The van der Waals surface area contributed by atoms with Gasteiger partial charge >= 0.3 is 5.97 Å². The van der Waals surface area contributed by atoms with Gasteiger partial charge in [0.1, 0.15) is 19.0 Å². The van der Waals surface area contributed by atoms with E-state index in [0.717, 1.165) is 5.56 Å². The zero-order valence-corrected chi connectivity index (χ0v) is 16.4. The van der Waals surface area contributed by atoms with Crippen LogP contribution in [0.3, 0.4) is 0 Å². The highest BCUT2D eigenvalue weighted by Gasteiger charge is 2.60. The summed E-state index contributed by atoms with van der Waals surface area (Å²) in [6.07, 6.45) is 0.362. The second-order valence-electron chi connectivity index (χ2n) is 7.23. The Morgan fingerprint density at radius 2 is 1.90 bits per heavy atom. The molecule has 0 aliphatic carbocycles. The topological polar surface area (TPSA) is 76.1 Å². The molecule has 150 valence electrons. The number of anilines is 1. The van der Waals surface area contributed by atoms with Gasteiger partial charge in [0.2, 0.25) is 11.6 Å². The van der Waals surface area contributed by atoms with Gasteiger partial charge in [-0.05, 0) is 36.8 Å². The quantitative estimate of drug-likeness (QED) is 0.575. The normalized spacial score (nSPS) is 20.3. The predicted molar refractivity (Wildman–Crippen MR) is 106 cm³/mol. The number of benzene rings is 2. The third-order valence-corrected chi connectivity index (χ3v) is 5.44. The maximum atomic E-state index is 13.1. The van der Waals surface area contributed by atoms with Crippen molar-refractivity contribution in [1.29, 1.82) is 0 Å². The van der Waals surface area contributed by atoms with E-state index in [0.29, 0.717) is 17.0 Å². The maximum Gasteiger partial charge on any atom is 0.353 e. The second-order valence-corrected chi connectivity index (χ2v) is 7.23. The van der Waals surface area contributed by atoms with Crippen molar-refractivity contribution in [2.75, 3.05) is 25.2 Å². The summed E-state index contributed by atoms with van der Waals surface area (Å²) < 4.78 is 11.1. The zero-order valence-electron chi connectivity index (χ0n) is 16.4. The van der Waals surface area contributed by atoms with Crippen LogP contribution < -0.4 is 9.64 Å². The highest BCUT2D eigenvalue weighted by molar-refractivity contribution is 6.15. The van der Waals surface area contributed by atoms with Crippen molar-refractivity contribution in [2.24, 2.45) is 0 Å². The number of fused-ring (bicyclic) bond motifs is 3. The van der Waals surface area contributed by atoms with Crippen LogP contribution >= 0.6 is 0 Å². The van der Waals surface area contributed by atoms with E-state index in [1.54, 1.807) is 24.3 Å². The molecule has 1 saturated heterocycles. The molecule has 2 aromatic rings. The molecule has 7 heteroatoms. The molecular formula is C22H22N2O5. The molecule has 0 N–H and O–H groups in total. The number of rotatable bonds is 5. The molecule has 4 rings (SSSR count). The Labute approximate surface area is 168 Å². The number of ether oxygens (including phenoxy) is 2. The second kappa shape index (κ2) is 7.24. The summed E-state index contributed by atoms with van der Waals surface area (Å²) in [5.74, 6) is -0.443. The molecule has 0 unspecified atom stereocenters. The largest absolute Gasteiger partial charge is 0.490 e. The monoisotopic (exact) mass is 394 g/mol. The van der Waals surface area contributed by atoms with E-state index in [4.69, 9.17) is 9.47 Å². The summed E-state index contributed by atoms with van der Waals surface area (Å²) in [7, 11) is 1.54. The van der Waals surface area contributed by atoms with Gasteiger partial charge in [-0.1, -0.05) is 24.3 Å². The fourth-order valence-electron chi connectivity index (χ4n) is 4.01. The molecular weight excluding hydrogens is 372 g/mol. The van der Waals surface area contributed by atoms with Gasteiger partial charge in [-0.2, -0.15) is 0 Å². The number of esters is 1. The number of likely N-dealkylation sites (N-methyl/N-ethyl adjacent to an activating group) is 1. The van der Waals surface area contributed by atoms with Crippen LogP contribution in [0.15, 0.2) is 48.5 Å². The number of aryl methyl sites for hydroxylation is 1. The predicted octanol–water partition coefficient (Wildman–Crippen LogP) is 2.53. The molecule has 0 radical (unpaired) electrons. The van der Waals surface area contributed by atoms with Gasteiger partial charge in [-0.25, -0.2) is 4.79 Å². The van der Waals surface area contributed by atoms with Gasteiger partial charge in [0, 0.05) is 19.9 Å². The highest BCUT2D eigenvalue weighted by Crippen LogP contribution is 2.44. The van der Waals surface area contributed by atoms with Crippen molar-refractivity contribution < 1.29 is 23.9 Å². The van der Waals surface area contributed by atoms with Crippen LogP contribution in [-0.4, -0.2) is 48.6 Å². The Bertz CT molecular complexity index is 989. The van der Waals surface area contributed by atoms with Crippen molar-refractivity contribution in [2.45, 2.75) is 25.4 Å². The van der Waals surface area contributed by atoms with Crippen LogP contribution in [0.1, 0.15) is 28.8 Å². The van der Waals surface area contributed by atoms with Crippen LogP contribution in [0.5, 0.6) is 5.75 Å². The third-order valence-electron chi connectivity index (χ3n) is 5.44. The Balaban J connectivity index is 1.52. The van der Waals surface area contributed by atoms with E-state index >= 15 is 0 Å². The van der Waals surface area contributed by atoms with Crippen LogP contribution in [-0.2, 0) is 14.3 Å². The number of para-hydroxylation sites is 1. The van der Waals surface area contributed by atoms with Crippen LogP contribution in [0.25, 0.3) is 0 Å². The summed E-state index contributed by atoms with van der Waals surface area (Å²) in [6.45, 7) is 2.15. The first kappa shape index (κ1) is 19.0. The van der Waals surface area contributed by atoms with Gasteiger partial charge in [0.15, 0.2) is 0 Å². The lowest BCUT2D eigenvalue weighted by Crippen LogP contribution is -2.67. The minimum atomic E-state index is -1.45. The van der Waals surface area contributed by atoms with Gasteiger partial charge in [0.05, 0.1) is 11.3 Å². The molecule has 2 heterocycles. The number of hydrogen-bond acceptors (Lipinski definition) is 5. The average molecular weight is 394 g/mol. The highest BCUT2D eigenvalue weighted by atomic mass is 16.6. The molecule has 1 atom stereocenters. The van der Waals surface area contributed by atoms with Crippen molar-refractivity contribution in [3.63, 3.8) is 0 Å². The fourth-order valence-corrected chi connectivity index (χ4v) is 4.01. The van der Waals surface area contributed by atoms with Gasteiger partial charge in [-0.3, -0.25) is 14.5 Å². The van der Waals surface area contributed by atoms with Gasteiger partial charge < -0.3 is 14.4 Å². The summed E-state index contributed by atoms with van der Waals surface area (Å²) >= 11 is 0.